The summed E-state index contributed by atoms with van der Waals surface area (Å²) in [5.41, 5.74) is 1.07. The van der Waals surface area contributed by atoms with E-state index in [1.807, 2.05) is 18.2 Å². The molecule has 90 valence electrons. The zero-order valence-electron chi connectivity index (χ0n) is 10.4. The second kappa shape index (κ2) is 7.29. The van der Waals surface area contributed by atoms with Gasteiger partial charge in [0.2, 0.25) is 0 Å². The Morgan fingerprint density at radius 3 is 2.38 bits per heavy atom. The smallest absolute Gasteiger partial charge is 0.118 e. The van der Waals surface area contributed by atoms with Gasteiger partial charge in [-0.15, -0.1) is 0 Å². The molecule has 0 aliphatic carbocycles. The molecule has 0 aliphatic rings. The summed E-state index contributed by atoms with van der Waals surface area (Å²) in [5, 5.41) is 9.60. The van der Waals surface area contributed by atoms with Gasteiger partial charge in [0.1, 0.15) is 5.75 Å². The number of nitrogens with zero attached hydrogens (tertiary/aromatic N) is 1. The molecule has 0 fully saturated rings. The molecular weight excluding hydrogens is 198 g/mol. The Hall–Kier alpha value is -1.02. The lowest BCUT2D eigenvalue weighted by molar-refractivity contribution is 0.297. The number of phenolic OH excluding ortho intramolecular Hbond substituents is 1. The minimum Gasteiger partial charge on any atom is -0.508 e. The first-order valence-corrected chi connectivity index (χ1v) is 6.27. The van der Waals surface area contributed by atoms with Crippen molar-refractivity contribution in [1.29, 1.82) is 0 Å². The van der Waals surface area contributed by atoms with Crippen molar-refractivity contribution in [1.82, 2.24) is 4.90 Å². The minimum atomic E-state index is 0.435. The summed E-state index contributed by atoms with van der Waals surface area (Å²) in [6, 6.07) is 7.63. The van der Waals surface area contributed by atoms with Crippen molar-refractivity contribution in [2.75, 3.05) is 19.6 Å². The van der Waals surface area contributed by atoms with Crippen LogP contribution in [0.4, 0.5) is 0 Å². The molecule has 0 aliphatic heterocycles. The number of hydrogen-bond donors (Lipinski definition) is 1. The normalized spacial score (nSPS) is 10.9. The Labute approximate surface area is 98.9 Å². The van der Waals surface area contributed by atoms with Crippen molar-refractivity contribution < 1.29 is 5.11 Å². The predicted octanol–water partition coefficient (Wildman–Crippen LogP) is 3.06. The van der Waals surface area contributed by atoms with Gasteiger partial charge < -0.3 is 10.0 Å². The van der Waals surface area contributed by atoms with Crippen molar-refractivity contribution in [3.8, 4) is 5.75 Å². The molecule has 0 aromatic heterocycles. The van der Waals surface area contributed by atoms with Gasteiger partial charge >= 0.3 is 0 Å². The molecule has 0 radical (unpaired) electrons. The van der Waals surface area contributed by atoms with Gasteiger partial charge in [-0.05, 0) is 50.5 Å². The van der Waals surface area contributed by atoms with Crippen LogP contribution in [0.15, 0.2) is 24.3 Å². The average molecular weight is 221 g/mol. The van der Waals surface area contributed by atoms with Crippen LogP contribution < -0.4 is 0 Å². The number of phenols is 1. The van der Waals surface area contributed by atoms with Gasteiger partial charge in [-0.3, -0.25) is 0 Å². The number of hydrogen-bond acceptors (Lipinski definition) is 2. The molecule has 1 aromatic carbocycles. The van der Waals surface area contributed by atoms with E-state index in [9.17, 15) is 5.11 Å². The fourth-order valence-corrected chi connectivity index (χ4v) is 1.91. The van der Waals surface area contributed by atoms with Crippen molar-refractivity contribution in [3.05, 3.63) is 29.8 Å². The van der Waals surface area contributed by atoms with E-state index in [0.29, 0.717) is 5.75 Å². The van der Waals surface area contributed by atoms with E-state index in [4.69, 9.17) is 0 Å². The third-order valence-electron chi connectivity index (χ3n) is 3.06. The Bertz CT molecular complexity index is 295. The van der Waals surface area contributed by atoms with E-state index < -0.39 is 0 Å². The number of aromatic hydroxyl groups is 1. The molecule has 2 nitrogen and oxygen atoms in total. The monoisotopic (exact) mass is 221 g/mol. The Kier molecular flexibility index (Phi) is 5.94. The van der Waals surface area contributed by atoms with E-state index in [2.05, 4.69) is 18.7 Å². The predicted molar refractivity (Wildman–Crippen MR) is 68.8 cm³/mol. The molecule has 0 spiro atoms. The average Bonchev–Trinajstić information content (AvgIpc) is 2.31. The van der Waals surface area contributed by atoms with Crippen LogP contribution in [-0.4, -0.2) is 29.6 Å². The number of aryl methyl sites for hydroxylation is 1. The standard InChI is InChI=1S/C14H23NO/c1-3-15(4-2)12-8-7-10-13-9-5-6-11-14(13)16/h5-6,9,11,16H,3-4,7-8,10,12H2,1-2H3. The Morgan fingerprint density at radius 1 is 1.06 bits per heavy atom. The van der Waals surface area contributed by atoms with E-state index in [0.717, 1.165) is 31.5 Å². The van der Waals surface area contributed by atoms with Gasteiger partial charge in [0.25, 0.3) is 0 Å². The van der Waals surface area contributed by atoms with Gasteiger partial charge in [-0.1, -0.05) is 32.0 Å². The summed E-state index contributed by atoms with van der Waals surface area (Å²) in [5.74, 6) is 0.435. The SMILES string of the molecule is CCN(CC)CCCCc1ccccc1O. The topological polar surface area (TPSA) is 23.5 Å². The summed E-state index contributed by atoms with van der Waals surface area (Å²) in [7, 11) is 0. The van der Waals surface area contributed by atoms with Gasteiger partial charge in [-0.2, -0.15) is 0 Å². The second-order valence-electron chi connectivity index (χ2n) is 4.11. The molecule has 0 bridgehead atoms. The van der Waals surface area contributed by atoms with E-state index in [1.165, 1.54) is 13.0 Å². The number of rotatable bonds is 7. The van der Waals surface area contributed by atoms with Crippen LogP contribution in [-0.2, 0) is 6.42 Å². The third kappa shape index (κ3) is 4.23. The summed E-state index contributed by atoms with van der Waals surface area (Å²) in [4.78, 5) is 2.44. The molecule has 0 heterocycles. The van der Waals surface area contributed by atoms with Crippen molar-refractivity contribution in [2.45, 2.75) is 33.1 Å². The highest BCUT2D eigenvalue weighted by atomic mass is 16.3. The third-order valence-corrected chi connectivity index (χ3v) is 3.06. The molecule has 0 unspecified atom stereocenters. The fraction of sp³-hybridized carbons (Fsp3) is 0.571. The largest absolute Gasteiger partial charge is 0.508 e. The molecule has 16 heavy (non-hydrogen) atoms. The summed E-state index contributed by atoms with van der Waals surface area (Å²) >= 11 is 0. The molecule has 0 amide bonds. The highest BCUT2D eigenvalue weighted by Gasteiger charge is 2.01. The highest BCUT2D eigenvalue weighted by Crippen LogP contribution is 2.17. The van der Waals surface area contributed by atoms with E-state index >= 15 is 0 Å². The molecule has 1 aromatic rings. The Balaban J connectivity index is 2.23. The summed E-state index contributed by atoms with van der Waals surface area (Å²) in [6.07, 6.45) is 3.33. The summed E-state index contributed by atoms with van der Waals surface area (Å²) in [6.45, 7) is 7.83. The van der Waals surface area contributed by atoms with Crippen LogP contribution in [0.5, 0.6) is 5.75 Å². The van der Waals surface area contributed by atoms with Gasteiger partial charge in [0.05, 0.1) is 0 Å². The minimum absolute atomic E-state index is 0.435. The van der Waals surface area contributed by atoms with Crippen molar-refractivity contribution in [2.24, 2.45) is 0 Å². The van der Waals surface area contributed by atoms with Gasteiger partial charge in [0, 0.05) is 0 Å². The number of unbranched alkanes of at least 4 members (excludes halogenated alkanes) is 1. The van der Waals surface area contributed by atoms with Crippen LogP contribution in [0.25, 0.3) is 0 Å². The van der Waals surface area contributed by atoms with Gasteiger partial charge in [-0.25, -0.2) is 0 Å². The molecule has 1 rings (SSSR count). The van der Waals surface area contributed by atoms with Crippen LogP contribution in [0.3, 0.4) is 0 Å². The fourth-order valence-electron chi connectivity index (χ4n) is 1.91. The molecule has 0 saturated heterocycles. The first-order chi connectivity index (χ1) is 7.77. The molecule has 0 atom stereocenters. The van der Waals surface area contributed by atoms with Gasteiger partial charge in [0.15, 0.2) is 0 Å². The van der Waals surface area contributed by atoms with Crippen LogP contribution in [0.2, 0.25) is 0 Å². The zero-order valence-corrected chi connectivity index (χ0v) is 10.4. The molecule has 0 saturated carbocycles. The van der Waals surface area contributed by atoms with Crippen molar-refractivity contribution in [3.63, 3.8) is 0 Å². The molecule has 2 heteroatoms. The lowest BCUT2D eigenvalue weighted by atomic mass is 10.1. The number of benzene rings is 1. The first kappa shape index (κ1) is 13.0. The lowest BCUT2D eigenvalue weighted by Crippen LogP contribution is -2.23. The van der Waals surface area contributed by atoms with Crippen LogP contribution >= 0.6 is 0 Å². The van der Waals surface area contributed by atoms with E-state index in [-0.39, 0.29) is 0 Å². The first-order valence-electron chi connectivity index (χ1n) is 6.27. The molecular formula is C14H23NO. The maximum Gasteiger partial charge on any atom is 0.118 e. The quantitative estimate of drug-likeness (QED) is 0.715. The van der Waals surface area contributed by atoms with Crippen LogP contribution in [0, 0.1) is 0 Å². The Morgan fingerprint density at radius 2 is 1.75 bits per heavy atom. The van der Waals surface area contributed by atoms with Crippen molar-refractivity contribution >= 4 is 0 Å². The maximum atomic E-state index is 9.60. The maximum absolute atomic E-state index is 9.60. The van der Waals surface area contributed by atoms with Crippen LogP contribution in [0.1, 0.15) is 32.3 Å². The highest BCUT2D eigenvalue weighted by molar-refractivity contribution is 5.31. The molecule has 1 N–H and O–H groups in total. The van der Waals surface area contributed by atoms with E-state index in [1.54, 1.807) is 6.07 Å². The number of para-hydroxylation sites is 1. The summed E-state index contributed by atoms with van der Waals surface area (Å²) < 4.78 is 0. The lowest BCUT2D eigenvalue weighted by Gasteiger charge is -2.17. The second-order valence-corrected chi connectivity index (χ2v) is 4.11. The zero-order chi connectivity index (χ0) is 11.8.